The van der Waals surface area contributed by atoms with Gasteiger partial charge in [-0.15, -0.1) is 0 Å². The first kappa shape index (κ1) is 12.2. The Kier molecular flexibility index (Phi) is 3.16. The van der Waals surface area contributed by atoms with E-state index >= 15 is 0 Å². The molecule has 3 rings (SSSR count). The average Bonchev–Trinajstić information content (AvgIpc) is 2.64. The lowest BCUT2D eigenvalue weighted by Gasteiger charge is -2.43. The summed E-state index contributed by atoms with van der Waals surface area (Å²) >= 11 is 0. The molecule has 2 atom stereocenters. The van der Waals surface area contributed by atoms with Gasteiger partial charge in [0.2, 0.25) is 0 Å². The summed E-state index contributed by atoms with van der Waals surface area (Å²) in [7, 11) is 0. The number of piperidine rings is 1. The van der Waals surface area contributed by atoms with Gasteiger partial charge >= 0.3 is 0 Å². The predicted octanol–water partition coefficient (Wildman–Crippen LogP) is 2.95. The molecule has 0 aliphatic carbocycles. The Morgan fingerprint density at radius 3 is 2.33 bits per heavy atom. The Hall–Kier alpha value is -0.860. The number of hydrogen-bond donors (Lipinski definition) is 1. The van der Waals surface area contributed by atoms with E-state index < -0.39 is 0 Å². The van der Waals surface area contributed by atoms with Crippen molar-refractivity contribution in [1.29, 1.82) is 0 Å². The predicted molar refractivity (Wildman–Crippen MR) is 73.3 cm³/mol. The average molecular weight is 245 g/mol. The Morgan fingerprint density at radius 2 is 1.78 bits per heavy atom. The Morgan fingerprint density at radius 1 is 1.17 bits per heavy atom. The standard InChI is InChI=1S/C16H23NO/c1-2-16(18)10-14-8-9-15(11-16)17(14)12-13-6-4-3-5-7-13/h3-7,14-15,18H,2,8-12H2,1H3. The normalized spacial score (nSPS) is 35.9. The quantitative estimate of drug-likeness (QED) is 0.885. The van der Waals surface area contributed by atoms with Gasteiger partial charge < -0.3 is 5.11 Å². The van der Waals surface area contributed by atoms with Crippen LogP contribution in [0.4, 0.5) is 0 Å². The van der Waals surface area contributed by atoms with Gasteiger partial charge in [0.15, 0.2) is 0 Å². The molecule has 1 N–H and O–H groups in total. The third-order valence-electron chi connectivity index (χ3n) is 4.87. The van der Waals surface area contributed by atoms with Gasteiger partial charge in [-0.2, -0.15) is 0 Å². The van der Waals surface area contributed by atoms with Crippen LogP contribution in [0, 0.1) is 0 Å². The monoisotopic (exact) mass is 245 g/mol. The Balaban J connectivity index is 1.73. The van der Waals surface area contributed by atoms with Crippen molar-refractivity contribution in [3.63, 3.8) is 0 Å². The van der Waals surface area contributed by atoms with Crippen LogP contribution in [0.15, 0.2) is 30.3 Å². The lowest BCUT2D eigenvalue weighted by Crippen LogP contribution is -2.50. The maximum absolute atomic E-state index is 10.5. The molecule has 1 aromatic carbocycles. The maximum atomic E-state index is 10.5. The van der Waals surface area contributed by atoms with Crippen LogP contribution in [0.1, 0.15) is 44.6 Å². The second kappa shape index (κ2) is 4.67. The zero-order valence-electron chi connectivity index (χ0n) is 11.2. The highest BCUT2D eigenvalue weighted by Gasteiger charge is 2.46. The van der Waals surface area contributed by atoms with Gasteiger partial charge in [-0.05, 0) is 37.7 Å². The Labute approximate surface area is 110 Å². The molecule has 2 heteroatoms. The molecule has 18 heavy (non-hydrogen) atoms. The third kappa shape index (κ3) is 2.19. The summed E-state index contributed by atoms with van der Waals surface area (Å²) in [6, 6.07) is 11.9. The van der Waals surface area contributed by atoms with Gasteiger partial charge in [-0.1, -0.05) is 37.3 Å². The van der Waals surface area contributed by atoms with Crippen molar-refractivity contribution >= 4 is 0 Å². The summed E-state index contributed by atoms with van der Waals surface area (Å²) in [5, 5.41) is 10.5. The Bertz CT molecular complexity index is 389. The molecule has 0 saturated carbocycles. The minimum Gasteiger partial charge on any atom is -0.390 e. The summed E-state index contributed by atoms with van der Waals surface area (Å²) < 4.78 is 0. The van der Waals surface area contributed by atoms with Crippen molar-refractivity contribution in [2.75, 3.05) is 0 Å². The minimum atomic E-state index is -0.390. The lowest BCUT2D eigenvalue weighted by molar-refractivity contribution is -0.0567. The fourth-order valence-corrected chi connectivity index (χ4v) is 3.75. The summed E-state index contributed by atoms with van der Waals surface area (Å²) in [5.41, 5.74) is 1.01. The highest BCUT2D eigenvalue weighted by atomic mass is 16.3. The fourth-order valence-electron chi connectivity index (χ4n) is 3.75. The third-order valence-corrected chi connectivity index (χ3v) is 4.87. The molecule has 0 aromatic heterocycles. The van der Waals surface area contributed by atoms with Crippen LogP contribution in [0.2, 0.25) is 0 Å². The van der Waals surface area contributed by atoms with Gasteiger partial charge in [0.1, 0.15) is 0 Å². The van der Waals surface area contributed by atoms with E-state index in [-0.39, 0.29) is 5.60 Å². The topological polar surface area (TPSA) is 23.5 Å². The molecule has 2 saturated heterocycles. The molecule has 1 aromatic rings. The van der Waals surface area contributed by atoms with Gasteiger partial charge in [0.25, 0.3) is 0 Å². The largest absolute Gasteiger partial charge is 0.390 e. The van der Waals surface area contributed by atoms with Gasteiger partial charge in [-0.25, -0.2) is 0 Å². The van der Waals surface area contributed by atoms with Crippen LogP contribution < -0.4 is 0 Å². The number of hydrogen-bond acceptors (Lipinski definition) is 2. The number of nitrogens with zero attached hydrogens (tertiary/aromatic N) is 1. The molecule has 0 radical (unpaired) electrons. The summed E-state index contributed by atoms with van der Waals surface area (Å²) in [6.45, 7) is 3.17. The number of aliphatic hydroxyl groups is 1. The van der Waals surface area contributed by atoms with Crippen LogP contribution in [-0.4, -0.2) is 27.7 Å². The van der Waals surface area contributed by atoms with E-state index in [2.05, 4.69) is 42.2 Å². The molecule has 2 heterocycles. The van der Waals surface area contributed by atoms with Crippen LogP contribution in [0.5, 0.6) is 0 Å². The maximum Gasteiger partial charge on any atom is 0.0675 e. The zero-order chi connectivity index (χ0) is 12.6. The highest BCUT2D eigenvalue weighted by Crippen LogP contribution is 2.42. The van der Waals surface area contributed by atoms with E-state index in [0.717, 1.165) is 25.8 Å². The van der Waals surface area contributed by atoms with E-state index in [1.54, 1.807) is 0 Å². The molecule has 2 aliphatic heterocycles. The van der Waals surface area contributed by atoms with E-state index in [0.29, 0.717) is 12.1 Å². The van der Waals surface area contributed by atoms with Crippen molar-refractivity contribution in [1.82, 2.24) is 4.90 Å². The summed E-state index contributed by atoms with van der Waals surface area (Å²) in [5.74, 6) is 0. The van der Waals surface area contributed by atoms with Crippen molar-refractivity contribution in [2.24, 2.45) is 0 Å². The highest BCUT2D eigenvalue weighted by molar-refractivity contribution is 5.16. The molecular weight excluding hydrogens is 222 g/mol. The van der Waals surface area contributed by atoms with E-state index in [1.807, 2.05) is 0 Å². The van der Waals surface area contributed by atoms with E-state index in [4.69, 9.17) is 0 Å². The smallest absolute Gasteiger partial charge is 0.0675 e. The lowest BCUT2D eigenvalue weighted by atomic mass is 9.84. The van der Waals surface area contributed by atoms with Crippen LogP contribution in [0.3, 0.4) is 0 Å². The minimum absolute atomic E-state index is 0.390. The van der Waals surface area contributed by atoms with Crippen LogP contribution in [0.25, 0.3) is 0 Å². The second-order valence-electron chi connectivity index (χ2n) is 6.03. The van der Waals surface area contributed by atoms with Gasteiger partial charge in [-0.3, -0.25) is 4.90 Å². The van der Waals surface area contributed by atoms with Crippen LogP contribution >= 0.6 is 0 Å². The van der Waals surface area contributed by atoms with Crippen molar-refractivity contribution in [2.45, 2.75) is 63.3 Å². The molecule has 2 unspecified atom stereocenters. The summed E-state index contributed by atoms with van der Waals surface area (Å²) in [4.78, 5) is 2.62. The SMILES string of the molecule is CCC1(O)CC2CCC(C1)N2Cc1ccccc1. The molecule has 0 spiro atoms. The van der Waals surface area contributed by atoms with Crippen molar-refractivity contribution in [3.8, 4) is 0 Å². The first-order chi connectivity index (χ1) is 8.70. The zero-order valence-corrected chi connectivity index (χ0v) is 11.2. The number of fused-ring (bicyclic) bond motifs is 2. The second-order valence-corrected chi connectivity index (χ2v) is 6.03. The molecule has 2 nitrogen and oxygen atoms in total. The molecule has 2 fully saturated rings. The number of rotatable bonds is 3. The molecule has 0 amide bonds. The molecule has 2 aliphatic rings. The van der Waals surface area contributed by atoms with E-state index in [1.165, 1.54) is 18.4 Å². The van der Waals surface area contributed by atoms with Crippen molar-refractivity contribution in [3.05, 3.63) is 35.9 Å². The first-order valence-electron chi connectivity index (χ1n) is 7.22. The molecular formula is C16H23NO. The van der Waals surface area contributed by atoms with Gasteiger partial charge in [0, 0.05) is 18.6 Å². The molecule has 2 bridgehead atoms. The number of benzene rings is 1. The first-order valence-corrected chi connectivity index (χ1v) is 7.22. The summed E-state index contributed by atoms with van der Waals surface area (Å²) in [6.07, 6.45) is 5.36. The van der Waals surface area contributed by atoms with Crippen LogP contribution in [-0.2, 0) is 6.54 Å². The van der Waals surface area contributed by atoms with Crippen molar-refractivity contribution < 1.29 is 5.11 Å². The van der Waals surface area contributed by atoms with E-state index in [9.17, 15) is 5.11 Å². The van der Waals surface area contributed by atoms with Gasteiger partial charge in [0.05, 0.1) is 5.60 Å². The fraction of sp³-hybridized carbons (Fsp3) is 0.625. The molecule has 98 valence electrons.